The quantitative estimate of drug-likeness (QED) is 0.400. The molecular formula is C30H36FN5O4S. The van der Waals surface area contributed by atoms with Crippen LogP contribution in [0.15, 0.2) is 54.6 Å². The van der Waals surface area contributed by atoms with Crippen molar-refractivity contribution in [2.75, 3.05) is 31.5 Å². The van der Waals surface area contributed by atoms with E-state index in [1.807, 2.05) is 51.1 Å². The fourth-order valence-corrected chi connectivity index (χ4v) is 5.24. The Bertz CT molecular complexity index is 1380. The Morgan fingerprint density at radius 2 is 1.59 bits per heavy atom. The van der Waals surface area contributed by atoms with Gasteiger partial charge in [-0.2, -0.15) is 0 Å². The zero-order valence-electron chi connectivity index (χ0n) is 24.0. The zero-order chi connectivity index (χ0) is 29.8. The van der Waals surface area contributed by atoms with Gasteiger partial charge in [0.1, 0.15) is 17.0 Å². The maximum absolute atomic E-state index is 13.2. The van der Waals surface area contributed by atoms with E-state index in [0.29, 0.717) is 37.9 Å². The van der Waals surface area contributed by atoms with Crippen molar-refractivity contribution in [3.05, 3.63) is 70.9 Å². The summed E-state index contributed by atoms with van der Waals surface area (Å²) < 4.78 is 18.7. The molecule has 1 aliphatic rings. The van der Waals surface area contributed by atoms with Crippen LogP contribution in [0.2, 0.25) is 0 Å². The van der Waals surface area contributed by atoms with Crippen LogP contribution in [-0.4, -0.2) is 70.0 Å². The molecule has 11 heteroatoms. The Labute approximate surface area is 243 Å². The van der Waals surface area contributed by atoms with Gasteiger partial charge < -0.3 is 15.0 Å². The third-order valence-electron chi connectivity index (χ3n) is 6.46. The summed E-state index contributed by atoms with van der Waals surface area (Å²) in [6, 6.07) is 14.9. The number of ether oxygens (including phenoxy) is 1. The molecule has 4 rings (SSSR count). The van der Waals surface area contributed by atoms with Crippen LogP contribution >= 0.6 is 11.3 Å². The average molecular weight is 582 g/mol. The number of piperazine rings is 1. The summed E-state index contributed by atoms with van der Waals surface area (Å²) in [5.74, 6) is -1.36. The summed E-state index contributed by atoms with van der Waals surface area (Å²) in [5.41, 5.74) is 0.147. The van der Waals surface area contributed by atoms with Gasteiger partial charge in [0, 0.05) is 48.7 Å². The number of nitrogens with zero attached hydrogens (tertiary/aromatic N) is 3. The lowest BCUT2D eigenvalue weighted by Gasteiger charge is -2.35. The molecule has 3 aromatic rings. The molecule has 1 saturated heterocycles. The molecular weight excluding hydrogens is 545 g/mol. The van der Waals surface area contributed by atoms with Gasteiger partial charge in [0.25, 0.3) is 11.8 Å². The van der Waals surface area contributed by atoms with Crippen LogP contribution in [0.4, 0.5) is 14.3 Å². The summed E-state index contributed by atoms with van der Waals surface area (Å²) in [5, 5.41) is 5.99. The summed E-state index contributed by atoms with van der Waals surface area (Å²) >= 11 is 1.38. The van der Waals surface area contributed by atoms with E-state index in [0.717, 1.165) is 16.1 Å². The first kappa shape index (κ1) is 30.1. The fourth-order valence-electron chi connectivity index (χ4n) is 4.22. The van der Waals surface area contributed by atoms with Crippen LogP contribution in [0.25, 0.3) is 11.3 Å². The van der Waals surface area contributed by atoms with E-state index >= 15 is 0 Å². The first-order valence-corrected chi connectivity index (χ1v) is 14.3. The maximum Gasteiger partial charge on any atom is 0.410 e. The Kier molecular flexibility index (Phi) is 9.08. The average Bonchev–Trinajstić information content (AvgIpc) is 3.30. The molecule has 1 aliphatic heterocycles. The van der Waals surface area contributed by atoms with E-state index in [1.54, 1.807) is 18.7 Å². The molecule has 9 nitrogen and oxygen atoms in total. The molecule has 41 heavy (non-hydrogen) atoms. The first-order chi connectivity index (χ1) is 19.3. The number of rotatable bonds is 7. The molecule has 1 aromatic heterocycles. The van der Waals surface area contributed by atoms with E-state index in [4.69, 9.17) is 9.72 Å². The van der Waals surface area contributed by atoms with Gasteiger partial charge in [0.2, 0.25) is 0 Å². The van der Waals surface area contributed by atoms with Gasteiger partial charge >= 0.3 is 6.09 Å². The second-order valence-corrected chi connectivity index (χ2v) is 12.5. The summed E-state index contributed by atoms with van der Waals surface area (Å²) in [4.78, 5) is 48.0. The summed E-state index contributed by atoms with van der Waals surface area (Å²) in [6.45, 7) is 11.8. The smallest absolute Gasteiger partial charge is 0.410 e. The van der Waals surface area contributed by atoms with E-state index < -0.39 is 28.8 Å². The van der Waals surface area contributed by atoms with Gasteiger partial charge in [-0.05, 0) is 58.9 Å². The molecule has 2 heterocycles. The second kappa shape index (κ2) is 12.4. The van der Waals surface area contributed by atoms with Crippen LogP contribution in [0.3, 0.4) is 0 Å². The minimum atomic E-state index is -1.26. The topological polar surface area (TPSA) is 104 Å². The number of anilines is 1. The van der Waals surface area contributed by atoms with Crippen molar-refractivity contribution in [3.63, 3.8) is 0 Å². The van der Waals surface area contributed by atoms with Crippen LogP contribution in [0.1, 0.15) is 49.9 Å². The molecule has 1 fully saturated rings. The third kappa shape index (κ3) is 8.11. The van der Waals surface area contributed by atoms with Gasteiger partial charge in [0.15, 0.2) is 5.13 Å². The fraction of sp³-hybridized carbons (Fsp3) is 0.400. The molecule has 0 radical (unpaired) electrons. The largest absolute Gasteiger partial charge is 0.444 e. The van der Waals surface area contributed by atoms with Gasteiger partial charge in [0.05, 0.1) is 5.69 Å². The standard InChI is InChI=1S/C30H36FN5O4S/c1-29(2,3)40-28(39)36-17-15-35(16-18-36)19-23-24(20-9-7-6-8-10-20)32-27(41-23)33-26(38)30(4,5)34-25(37)21-11-13-22(31)14-12-21/h6-14H,15-19H2,1-5H3,(H,34,37)(H,32,33,38). The van der Waals surface area contributed by atoms with Gasteiger partial charge in [-0.1, -0.05) is 41.7 Å². The number of carbonyl (C=O) groups is 3. The normalized spacial score (nSPS) is 14.4. The minimum absolute atomic E-state index is 0.252. The molecule has 2 aromatic carbocycles. The number of hydrogen-bond donors (Lipinski definition) is 2. The highest BCUT2D eigenvalue weighted by Gasteiger charge is 2.32. The number of nitrogens with one attached hydrogen (secondary N) is 2. The number of thiazole rings is 1. The third-order valence-corrected chi connectivity index (χ3v) is 7.41. The van der Waals surface area contributed by atoms with E-state index in [2.05, 4.69) is 15.5 Å². The molecule has 0 spiro atoms. The van der Waals surface area contributed by atoms with Crippen molar-refractivity contribution in [2.45, 2.75) is 52.3 Å². The van der Waals surface area contributed by atoms with Gasteiger partial charge in [-0.25, -0.2) is 14.2 Å². The van der Waals surface area contributed by atoms with Crippen molar-refractivity contribution < 1.29 is 23.5 Å². The maximum atomic E-state index is 13.2. The Balaban J connectivity index is 1.45. The highest BCUT2D eigenvalue weighted by atomic mass is 32.1. The Morgan fingerprint density at radius 1 is 0.951 bits per heavy atom. The van der Waals surface area contributed by atoms with Crippen molar-refractivity contribution in [1.29, 1.82) is 0 Å². The first-order valence-electron chi connectivity index (χ1n) is 13.5. The van der Waals surface area contributed by atoms with Crippen LogP contribution in [-0.2, 0) is 16.1 Å². The highest BCUT2D eigenvalue weighted by molar-refractivity contribution is 7.16. The van der Waals surface area contributed by atoms with Crippen LogP contribution < -0.4 is 10.6 Å². The molecule has 218 valence electrons. The molecule has 0 bridgehead atoms. The van der Waals surface area contributed by atoms with Crippen molar-refractivity contribution in [3.8, 4) is 11.3 Å². The monoisotopic (exact) mass is 581 g/mol. The number of carbonyl (C=O) groups excluding carboxylic acids is 3. The molecule has 0 saturated carbocycles. The summed E-state index contributed by atoms with van der Waals surface area (Å²) in [7, 11) is 0. The molecule has 0 unspecified atom stereocenters. The lowest BCUT2D eigenvalue weighted by atomic mass is 10.0. The predicted octanol–water partition coefficient (Wildman–Crippen LogP) is 5.15. The SMILES string of the molecule is CC(C)(C)OC(=O)N1CCN(Cc2sc(NC(=O)C(C)(C)NC(=O)c3ccc(F)cc3)nc2-c2ccccc2)CC1. The van der Waals surface area contributed by atoms with E-state index in [9.17, 15) is 18.8 Å². The van der Waals surface area contributed by atoms with Gasteiger partial charge in [-0.3, -0.25) is 19.8 Å². The van der Waals surface area contributed by atoms with Crippen molar-refractivity contribution in [2.24, 2.45) is 0 Å². The molecule has 3 amide bonds. The molecule has 0 aliphatic carbocycles. The van der Waals surface area contributed by atoms with Crippen molar-refractivity contribution >= 4 is 34.4 Å². The van der Waals surface area contributed by atoms with E-state index in [-0.39, 0.29) is 11.7 Å². The van der Waals surface area contributed by atoms with E-state index in [1.165, 1.54) is 35.6 Å². The van der Waals surface area contributed by atoms with Gasteiger partial charge in [-0.15, -0.1) is 0 Å². The van der Waals surface area contributed by atoms with Crippen LogP contribution in [0, 0.1) is 5.82 Å². The van der Waals surface area contributed by atoms with Crippen molar-refractivity contribution in [1.82, 2.24) is 20.1 Å². The Morgan fingerprint density at radius 3 is 2.20 bits per heavy atom. The number of aromatic nitrogens is 1. The number of hydrogen-bond acceptors (Lipinski definition) is 7. The highest BCUT2D eigenvalue weighted by Crippen LogP contribution is 2.33. The molecule has 2 N–H and O–H groups in total. The number of amides is 3. The second-order valence-electron chi connectivity index (χ2n) is 11.4. The minimum Gasteiger partial charge on any atom is -0.444 e. The summed E-state index contributed by atoms with van der Waals surface area (Å²) in [6.07, 6.45) is -0.306. The number of halogens is 1. The lowest BCUT2D eigenvalue weighted by molar-refractivity contribution is -0.120. The van der Waals surface area contributed by atoms with Crippen LogP contribution in [0.5, 0.6) is 0 Å². The number of benzene rings is 2. The Hall–Kier alpha value is -3.83. The zero-order valence-corrected chi connectivity index (χ0v) is 24.8. The molecule has 0 atom stereocenters. The predicted molar refractivity (Wildman–Crippen MR) is 157 cm³/mol. The lowest BCUT2D eigenvalue weighted by Crippen LogP contribution is -2.52.